The number of aryl methyl sites for hydroxylation is 5. The number of rotatable bonds is 14. The van der Waals surface area contributed by atoms with Crippen molar-refractivity contribution in [2.75, 3.05) is 69.3 Å². The first-order chi connectivity index (χ1) is 46.8. The molecule has 2 fully saturated rings. The van der Waals surface area contributed by atoms with Gasteiger partial charge in [0.1, 0.15) is 40.2 Å². The van der Waals surface area contributed by atoms with Crippen molar-refractivity contribution < 1.29 is 36.9 Å². The summed E-state index contributed by atoms with van der Waals surface area (Å²) in [4.78, 5) is 30.4. The first kappa shape index (κ1) is 61.6. The fourth-order valence-electron chi connectivity index (χ4n) is 13.2. The van der Waals surface area contributed by atoms with Gasteiger partial charge in [0.05, 0.1) is 72.1 Å². The lowest BCUT2D eigenvalue weighted by Crippen LogP contribution is -2.36. The number of anilines is 3. The van der Waals surface area contributed by atoms with Gasteiger partial charge in [0, 0.05) is 123 Å². The zero-order chi connectivity index (χ0) is 65.7. The Kier molecular flexibility index (Phi) is 16.7. The highest BCUT2D eigenvalue weighted by Gasteiger charge is 2.27. The van der Waals surface area contributed by atoms with Crippen LogP contribution in [0.25, 0.3) is 50.5 Å². The summed E-state index contributed by atoms with van der Waals surface area (Å²) in [6.45, 7) is 13.4. The highest BCUT2D eigenvalue weighted by Crippen LogP contribution is 2.39. The molecule has 5 aromatic carbocycles. The van der Waals surface area contributed by atoms with Gasteiger partial charge in [-0.3, -0.25) is 22.8 Å². The van der Waals surface area contributed by atoms with E-state index in [1.54, 1.807) is 24.4 Å². The molecule has 0 aliphatic carbocycles. The van der Waals surface area contributed by atoms with Gasteiger partial charge in [-0.25, -0.2) is 43.1 Å². The number of morpholine rings is 1. The summed E-state index contributed by atoms with van der Waals surface area (Å²) in [5.41, 5.74) is 17.9. The molecule has 2 saturated heterocycles. The second kappa shape index (κ2) is 26.0. The molecule has 5 aliphatic heterocycles. The van der Waals surface area contributed by atoms with Gasteiger partial charge in [0.25, 0.3) is 0 Å². The molecular formula is C72H71F3N16O5. The predicted octanol–water partition coefficient (Wildman–Crippen LogP) is 12.0. The standard InChI is InChI=1S/C27H28FN5O2.C25H24FN5O.C20H19FN6O2/c1-17-15-33-26(31-17)21(18-3-5-19(6-4-18)24-16-34-12-10-32(24)2)13-29-27(33)30-14-22-20-9-11-35-25(20)8-7-23(22)28;1-15-14-31-24(30-15)19(16-2-4-17(5-3-16)22-8-10-27-22)12-28-25(31)29-13-20-18-9-11-32-23(18)7-6-21(20)26;1-11-6-16(26(3)25-11)14-8-23-20(27-9-12(2)24-19(14)27)22-7-13-15(21)4-5-17-18(13)29-10-28-17/h3-8,13,15,24H,9-12,14,16H2,1-2H3,(H,29,30);2-7,12,14,22,27H,8-11,13H2,1H3,(H,28,29);4-6,8-9H,7,10H2,1-3H3,(H,22,23). The van der Waals surface area contributed by atoms with Crippen molar-refractivity contribution in [3.8, 4) is 56.5 Å². The van der Waals surface area contributed by atoms with Crippen LogP contribution in [0, 0.1) is 45.1 Å². The highest BCUT2D eigenvalue weighted by molar-refractivity contribution is 5.80. The molecule has 7 aromatic heterocycles. The minimum atomic E-state index is -0.359. The molecule has 0 bridgehead atoms. The highest BCUT2D eigenvalue weighted by atomic mass is 19.1. The molecule has 4 N–H and O–H groups in total. The largest absolute Gasteiger partial charge is 0.493 e. The lowest BCUT2D eigenvalue weighted by Gasteiger charge is -2.32. The normalized spacial score (nSPS) is 16.1. The Hall–Kier alpha value is -10.6. The third kappa shape index (κ3) is 12.0. The Bertz CT molecular complexity index is 4910. The van der Waals surface area contributed by atoms with Crippen LogP contribution in [0.1, 0.15) is 80.2 Å². The van der Waals surface area contributed by atoms with Crippen LogP contribution in [0.3, 0.4) is 0 Å². The Morgan fingerprint density at radius 3 is 1.50 bits per heavy atom. The van der Waals surface area contributed by atoms with E-state index < -0.39 is 0 Å². The van der Waals surface area contributed by atoms with Crippen molar-refractivity contribution >= 4 is 34.8 Å². The number of nitrogens with one attached hydrogen (secondary N) is 4. The van der Waals surface area contributed by atoms with E-state index in [0.717, 1.165) is 128 Å². The number of hydrogen-bond donors (Lipinski definition) is 4. The molecule has 2 atom stereocenters. The summed E-state index contributed by atoms with van der Waals surface area (Å²) in [6.07, 6.45) is 13.9. The number of benzene rings is 5. The summed E-state index contributed by atoms with van der Waals surface area (Å²) in [5, 5.41) is 17.7. The molecule has 12 heterocycles. The smallest absolute Gasteiger partial charge is 0.231 e. The van der Waals surface area contributed by atoms with Gasteiger partial charge >= 0.3 is 0 Å². The quantitative estimate of drug-likeness (QED) is 0.0799. The third-order valence-electron chi connectivity index (χ3n) is 18.3. The van der Waals surface area contributed by atoms with E-state index in [4.69, 9.17) is 33.7 Å². The molecule has 0 saturated carbocycles. The van der Waals surface area contributed by atoms with Gasteiger partial charge < -0.3 is 45.0 Å². The van der Waals surface area contributed by atoms with Crippen molar-refractivity contribution in [2.24, 2.45) is 7.05 Å². The number of nitrogens with zero attached hydrogens (tertiary/aromatic N) is 12. The van der Waals surface area contributed by atoms with Crippen molar-refractivity contribution in [2.45, 2.75) is 78.7 Å². The second-order valence-electron chi connectivity index (χ2n) is 24.6. The van der Waals surface area contributed by atoms with E-state index in [2.05, 4.69) is 107 Å². The number of fused-ring (bicyclic) bond motifs is 6. The minimum Gasteiger partial charge on any atom is -0.493 e. The number of aromatic nitrogens is 11. The summed E-state index contributed by atoms with van der Waals surface area (Å²) < 4.78 is 78.7. The molecule has 24 heteroatoms. The van der Waals surface area contributed by atoms with E-state index >= 15 is 0 Å². The zero-order valence-corrected chi connectivity index (χ0v) is 54.0. The summed E-state index contributed by atoms with van der Waals surface area (Å²) in [6, 6.07) is 29.2. The van der Waals surface area contributed by atoms with E-state index in [1.165, 1.54) is 35.7 Å². The number of ether oxygens (including phenoxy) is 5. The summed E-state index contributed by atoms with van der Waals surface area (Å²) in [5.74, 6) is 3.51. The van der Waals surface area contributed by atoms with Gasteiger partial charge in [-0.15, -0.1) is 0 Å². The minimum absolute atomic E-state index is 0.0911. The molecule has 12 aromatic rings. The summed E-state index contributed by atoms with van der Waals surface area (Å²) >= 11 is 0. The maximum Gasteiger partial charge on any atom is 0.231 e. The first-order valence-corrected chi connectivity index (χ1v) is 32.2. The van der Waals surface area contributed by atoms with Crippen molar-refractivity contribution in [1.29, 1.82) is 0 Å². The lowest BCUT2D eigenvalue weighted by molar-refractivity contribution is 0.00506. The third-order valence-corrected chi connectivity index (χ3v) is 18.3. The zero-order valence-electron chi connectivity index (χ0n) is 54.0. The van der Waals surface area contributed by atoms with E-state index in [9.17, 15) is 13.2 Å². The lowest BCUT2D eigenvalue weighted by atomic mass is 9.96. The van der Waals surface area contributed by atoms with Gasteiger partial charge in [-0.2, -0.15) is 5.10 Å². The van der Waals surface area contributed by atoms with Gasteiger partial charge in [-0.1, -0.05) is 48.5 Å². The van der Waals surface area contributed by atoms with Gasteiger partial charge in [0.2, 0.25) is 24.6 Å². The number of halogens is 3. The van der Waals surface area contributed by atoms with E-state index in [1.807, 2.05) is 89.7 Å². The Morgan fingerprint density at radius 2 is 1.01 bits per heavy atom. The Morgan fingerprint density at radius 1 is 0.531 bits per heavy atom. The van der Waals surface area contributed by atoms with Crippen molar-refractivity contribution in [1.82, 2.24) is 63.1 Å². The maximum absolute atomic E-state index is 14.6. The fourth-order valence-corrected chi connectivity index (χ4v) is 13.2. The number of likely N-dealkylation sites (N-methyl/N-ethyl adjacent to an activating group) is 1. The monoisotopic (exact) mass is 1300 g/mol. The molecule has 96 heavy (non-hydrogen) atoms. The number of imidazole rings is 3. The van der Waals surface area contributed by atoms with Crippen molar-refractivity contribution in [3.05, 3.63) is 207 Å². The molecular weight excluding hydrogens is 1230 g/mol. The molecule has 0 spiro atoms. The molecule has 0 amide bonds. The summed E-state index contributed by atoms with van der Waals surface area (Å²) in [7, 11) is 4.03. The van der Waals surface area contributed by atoms with Gasteiger partial charge in [0.15, 0.2) is 17.1 Å². The van der Waals surface area contributed by atoms with Crippen LogP contribution in [0.5, 0.6) is 23.0 Å². The molecule has 5 aliphatic rings. The molecule has 490 valence electrons. The average molecular weight is 1300 g/mol. The van der Waals surface area contributed by atoms with Crippen LogP contribution in [-0.2, 0) is 44.3 Å². The van der Waals surface area contributed by atoms with Crippen LogP contribution < -0.4 is 40.2 Å². The Labute approximate surface area is 551 Å². The second-order valence-corrected chi connectivity index (χ2v) is 24.6. The van der Waals surface area contributed by atoms with Crippen LogP contribution in [0.15, 0.2) is 128 Å². The molecule has 0 radical (unpaired) electrons. The Balaban J connectivity index is 0.000000119. The first-order valence-electron chi connectivity index (χ1n) is 32.2. The van der Waals surface area contributed by atoms with Crippen LogP contribution in [-0.4, -0.2) is 111 Å². The predicted molar refractivity (Wildman–Crippen MR) is 358 cm³/mol. The molecule has 21 nitrogen and oxygen atoms in total. The van der Waals surface area contributed by atoms with E-state index in [-0.39, 0.29) is 36.8 Å². The molecule has 2 unspecified atom stereocenters. The molecule has 17 rings (SSSR count). The van der Waals surface area contributed by atoms with Crippen molar-refractivity contribution in [3.63, 3.8) is 0 Å². The van der Waals surface area contributed by atoms with Gasteiger partial charge in [-0.05, 0) is 112 Å². The van der Waals surface area contributed by atoms with E-state index in [0.29, 0.717) is 85.0 Å². The number of hydrogen-bond acceptors (Lipinski definition) is 17. The maximum atomic E-state index is 14.6. The average Bonchev–Trinajstić information content (AvgIpc) is 1.57. The fraction of sp³-hybridized carbons (Fsp3) is 0.292. The topological polar surface area (TPSA) is 206 Å². The van der Waals surface area contributed by atoms with Crippen LogP contribution >= 0.6 is 0 Å². The SMILES string of the molecule is Cc1cn2c(NCc3c(F)ccc4c3CCO4)ncc(-c3ccc(C4CCN4)cc3)c2n1.Cc1cn2c(NCc3c(F)ccc4c3CCO4)ncc(-c3ccc(C4COCCN4C)cc3)c2n1.Cc1cn2c(NCc3c(F)ccc4c3OCO4)ncc(-c3cc(C)nn3C)c2n1. The van der Waals surface area contributed by atoms with Crippen LogP contribution in [0.4, 0.5) is 31.0 Å². The van der Waals surface area contributed by atoms with Crippen LogP contribution in [0.2, 0.25) is 0 Å².